The van der Waals surface area contributed by atoms with E-state index in [4.69, 9.17) is 4.74 Å². The highest BCUT2D eigenvalue weighted by atomic mass is 32.2. The van der Waals surface area contributed by atoms with Crippen LogP contribution in [0, 0.1) is 11.3 Å². The Morgan fingerprint density at radius 3 is 2.67 bits per heavy atom. The zero-order valence-corrected chi connectivity index (χ0v) is 15.5. The van der Waals surface area contributed by atoms with E-state index in [9.17, 15) is 23.3 Å². The number of amides is 1. The largest absolute Gasteiger partial charge is 0.452 e. The summed E-state index contributed by atoms with van der Waals surface area (Å²) < 4.78 is 31.4. The third kappa shape index (κ3) is 5.39. The van der Waals surface area contributed by atoms with E-state index in [1.807, 2.05) is 0 Å². The molecule has 0 atom stereocenters. The van der Waals surface area contributed by atoms with Gasteiger partial charge in [0.25, 0.3) is 5.91 Å². The monoisotopic (exact) mass is 391 g/mol. The third-order valence-corrected chi connectivity index (χ3v) is 5.60. The number of rotatable bonds is 8. The fourth-order valence-corrected chi connectivity index (χ4v) is 3.85. The van der Waals surface area contributed by atoms with Crippen molar-refractivity contribution in [3.63, 3.8) is 0 Å². The van der Waals surface area contributed by atoms with Gasteiger partial charge in [0.2, 0.25) is 10.0 Å². The molecule has 144 valence electrons. The van der Waals surface area contributed by atoms with Crippen LogP contribution in [-0.2, 0) is 19.6 Å². The summed E-state index contributed by atoms with van der Waals surface area (Å²) in [5.74, 6) is -1.40. The summed E-state index contributed by atoms with van der Waals surface area (Å²) in [5, 5.41) is 11.9. The molecule has 0 aromatic heterocycles. The predicted octanol–water partition coefficient (Wildman–Crippen LogP) is 1.26. The number of nitrogens with one attached hydrogen (secondary N) is 2. The van der Waals surface area contributed by atoms with Crippen molar-refractivity contribution in [3.8, 4) is 6.07 Å². The molecular formula is C18H21N3O5S. The van der Waals surface area contributed by atoms with E-state index in [0.29, 0.717) is 12.8 Å². The third-order valence-electron chi connectivity index (χ3n) is 4.18. The van der Waals surface area contributed by atoms with E-state index in [1.54, 1.807) is 0 Å². The van der Waals surface area contributed by atoms with Crippen molar-refractivity contribution in [1.29, 1.82) is 5.26 Å². The van der Waals surface area contributed by atoms with E-state index in [-0.39, 0.29) is 17.0 Å². The van der Waals surface area contributed by atoms with Crippen molar-refractivity contribution in [1.82, 2.24) is 10.0 Å². The molecule has 1 saturated carbocycles. The molecule has 9 heteroatoms. The molecule has 0 spiro atoms. The summed E-state index contributed by atoms with van der Waals surface area (Å²) in [7, 11) is -3.78. The molecule has 0 radical (unpaired) electrons. The summed E-state index contributed by atoms with van der Waals surface area (Å²) in [6, 6.07) is 7.41. The van der Waals surface area contributed by atoms with Crippen LogP contribution < -0.4 is 10.0 Å². The number of esters is 1. The van der Waals surface area contributed by atoms with Gasteiger partial charge in [0.15, 0.2) is 6.61 Å². The highest BCUT2D eigenvalue weighted by Gasteiger charge is 2.35. The van der Waals surface area contributed by atoms with Gasteiger partial charge in [-0.05, 0) is 43.9 Å². The van der Waals surface area contributed by atoms with Crippen molar-refractivity contribution in [2.45, 2.75) is 36.1 Å². The summed E-state index contributed by atoms with van der Waals surface area (Å²) in [6.45, 7) is 2.94. The molecule has 27 heavy (non-hydrogen) atoms. The molecule has 1 aromatic carbocycles. The maximum Gasteiger partial charge on any atom is 0.338 e. The maximum absolute atomic E-state index is 12.1. The first-order valence-electron chi connectivity index (χ1n) is 8.42. The topological polar surface area (TPSA) is 125 Å². The minimum Gasteiger partial charge on any atom is -0.452 e. The lowest BCUT2D eigenvalue weighted by Gasteiger charge is -2.21. The van der Waals surface area contributed by atoms with Gasteiger partial charge in [-0.25, -0.2) is 17.9 Å². The van der Waals surface area contributed by atoms with E-state index < -0.39 is 34.0 Å². The van der Waals surface area contributed by atoms with Crippen LogP contribution in [0.1, 0.15) is 36.0 Å². The van der Waals surface area contributed by atoms with Crippen molar-refractivity contribution in [3.05, 3.63) is 42.5 Å². The average molecular weight is 391 g/mol. The number of carbonyl (C=O) groups is 2. The van der Waals surface area contributed by atoms with E-state index in [0.717, 1.165) is 12.8 Å². The molecule has 2 N–H and O–H groups in total. The van der Waals surface area contributed by atoms with E-state index in [2.05, 4.69) is 22.7 Å². The molecular weight excluding hydrogens is 370 g/mol. The SMILES string of the molecule is C=CCNS(=O)(=O)c1cccc(C(=O)OCC(=O)NC2(C#N)CCCC2)c1. The predicted molar refractivity (Wildman–Crippen MR) is 97.1 cm³/mol. The second kappa shape index (κ2) is 8.79. The Morgan fingerprint density at radius 2 is 2.04 bits per heavy atom. The lowest BCUT2D eigenvalue weighted by molar-refractivity contribution is -0.125. The molecule has 1 fully saturated rings. The molecule has 0 saturated heterocycles. The highest BCUT2D eigenvalue weighted by Crippen LogP contribution is 2.28. The Labute approximate surface area is 158 Å². The molecule has 0 heterocycles. The van der Waals surface area contributed by atoms with Gasteiger partial charge in [0.05, 0.1) is 16.5 Å². The molecule has 1 aromatic rings. The standard InChI is InChI=1S/C18H21N3O5S/c1-2-10-20-27(24,25)15-7-5-6-14(11-15)17(23)26-12-16(22)21-18(13-19)8-3-4-9-18/h2,5-7,11,20H,1,3-4,8-10,12H2,(H,21,22). The summed E-state index contributed by atoms with van der Waals surface area (Å²) in [5.41, 5.74) is -0.894. The molecule has 1 aliphatic rings. The molecule has 2 rings (SSSR count). The van der Waals surface area contributed by atoms with Crippen LogP contribution in [0.25, 0.3) is 0 Å². The van der Waals surface area contributed by atoms with Crippen LogP contribution in [-0.4, -0.2) is 39.0 Å². The Hall–Kier alpha value is -2.70. The van der Waals surface area contributed by atoms with Gasteiger partial charge < -0.3 is 10.1 Å². The Bertz CT molecular complexity index is 867. The lowest BCUT2D eigenvalue weighted by atomic mass is 10.00. The second-order valence-corrected chi connectivity index (χ2v) is 7.96. The van der Waals surface area contributed by atoms with Crippen molar-refractivity contribution in [2.24, 2.45) is 0 Å². The zero-order chi connectivity index (χ0) is 19.9. The lowest BCUT2D eigenvalue weighted by Crippen LogP contribution is -2.46. The fraction of sp³-hybridized carbons (Fsp3) is 0.389. The number of hydrogen-bond donors (Lipinski definition) is 2. The first-order valence-corrected chi connectivity index (χ1v) is 9.90. The number of nitriles is 1. The Kier molecular flexibility index (Phi) is 6.71. The molecule has 1 amide bonds. The summed E-state index contributed by atoms with van der Waals surface area (Å²) in [4.78, 5) is 24.0. The minimum absolute atomic E-state index is 0.000130. The molecule has 1 aliphatic carbocycles. The van der Waals surface area contributed by atoms with Crippen molar-refractivity contribution >= 4 is 21.9 Å². The fourth-order valence-electron chi connectivity index (χ4n) is 2.80. The molecule has 0 aliphatic heterocycles. The van der Waals surface area contributed by atoms with Gasteiger partial charge in [0.1, 0.15) is 5.54 Å². The first-order chi connectivity index (χ1) is 12.8. The van der Waals surface area contributed by atoms with Crippen molar-refractivity contribution < 1.29 is 22.7 Å². The molecule has 0 bridgehead atoms. The van der Waals surface area contributed by atoms with Gasteiger partial charge in [-0.2, -0.15) is 5.26 Å². The van der Waals surface area contributed by atoms with Crippen LogP contribution in [0.4, 0.5) is 0 Å². The highest BCUT2D eigenvalue weighted by molar-refractivity contribution is 7.89. The summed E-state index contributed by atoms with van der Waals surface area (Å²) >= 11 is 0. The van der Waals surface area contributed by atoms with Crippen LogP contribution in [0.15, 0.2) is 41.8 Å². The molecule has 0 unspecified atom stereocenters. The van der Waals surface area contributed by atoms with Crippen LogP contribution >= 0.6 is 0 Å². The maximum atomic E-state index is 12.1. The quantitative estimate of drug-likeness (QED) is 0.508. The Balaban J connectivity index is 1.98. The normalized spacial score (nSPS) is 15.5. The Morgan fingerprint density at radius 1 is 1.33 bits per heavy atom. The number of benzene rings is 1. The number of carbonyl (C=O) groups excluding carboxylic acids is 2. The first kappa shape index (κ1) is 20.6. The average Bonchev–Trinajstić information content (AvgIpc) is 3.13. The van der Waals surface area contributed by atoms with Crippen LogP contribution in [0.5, 0.6) is 0 Å². The van der Waals surface area contributed by atoms with Gasteiger partial charge in [0, 0.05) is 6.54 Å². The number of sulfonamides is 1. The van der Waals surface area contributed by atoms with E-state index in [1.165, 1.54) is 30.3 Å². The van der Waals surface area contributed by atoms with Gasteiger partial charge in [-0.15, -0.1) is 6.58 Å². The summed E-state index contributed by atoms with van der Waals surface area (Å²) in [6.07, 6.45) is 4.25. The zero-order valence-electron chi connectivity index (χ0n) is 14.7. The van der Waals surface area contributed by atoms with Gasteiger partial charge >= 0.3 is 5.97 Å². The smallest absolute Gasteiger partial charge is 0.338 e. The second-order valence-electron chi connectivity index (χ2n) is 6.19. The number of ether oxygens (including phenoxy) is 1. The molecule has 8 nitrogen and oxygen atoms in total. The van der Waals surface area contributed by atoms with E-state index >= 15 is 0 Å². The van der Waals surface area contributed by atoms with Crippen LogP contribution in [0.2, 0.25) is 0 Å². The number of nitrogens with zero attached hydrogens (tertiary/aromatic N) is 1. The van der Waals surface area contributed by atoms with Crippen molar-refractivity contribution in [2.75, 3.05) is 13.2 Å². The number of hydrogen-bond acceptors (Lipinski definition) is 6. The van der Waals surface area contributed by atoms with Gasteiger partial charge in [-0.3, -0.25) is 4.79 Å². The van der Waals surface area contributed by atoms with Crippen LogP contribution in [0.3, 0.4) is 0 Å². The van der Waals surface area contributed by atoms with Gasteiger partial charge in [-0.1, -0.05) is 12.1 Å². The minimum atomic E-state index is -3.78.